The molecule has 4 nitrogen and oxygen atoms in total. The number of aromatic nitrogens is 2. The van der Waals surface area contributed by atoms with Gasteiger partial charge in [-0.2, -0.15) is 0 Å². The maximum Gasteiger partial charge on any atom is 0.148 e. The van der Waals surface area contributed by atoms with Crippen LogP contribution in [-0.4, -0.2) is 29.6 Å². The molecule has 0 spiro atoms. The van der Waals surface area contributed by atoms with Gasteiger partial charge in [0.05, 0.1) is 11.4 Å². The van der Waals surface area contributed by atoms with E-state index in [0.717, 1.165) is 43.3 Å². The lowest BCUT2D eigenvalue weighted by Gasteiger charge is -2.15. The molecule has 0 aromatic carbocycles. The number of nitrogens with one attached hydrogen (secondary N) is 2. The van der Waals surface area contributed by atoms with Gasteiger partial charge in [-0.15, -0.1) is 0 Å². The second-order valence-electron chi connectivity index (χ2n) is 4.12. The highest BCUT2D eigenvalue weighted by atomic mass is 15.0. The fourth-order valence-corrected chi connectivity index (χ4v) is 1.73. The van der Waals surface area contributed by atoms with Crippen molar-refractivity contribution in [2.24, 2.45) is 0 Å². The molecule has 0 saturated carbocycles. The van der Waals surface area contributed by atoms with Crippen LogP contribution in [0, 0.1) is 13.8 Å². The van der Waals surface area contributed by atoms with E-state index in [-0.39, 0.29) is 0 Å². The van der Waals surface area contributed by atoms with Crippen molar-refractivity contribution in [1.29, 1.82) is 0 Å². The smallest absolute Gasteiger partial charge is 0.148 e. The molecule has 2 heterocycles. The molecule has 1 aromatic heterocycles. The normalized spacial score (nSPS) is 15.8. The average Bonchev–Trinajstić information content (AvgIpc) is 2.32. The highest BCUT2D eigenvalue weighted by Crippen LogP contribution is 2.11. The number of aryl methyl sites for hydroxylation is 2. The van der Waals surface area contributed by atoms with Crippen molar-refractivity contribution in [3.63, 3.8) is 0 Å². The molecule has 0 amide bonds. The Hall–Kier alpha value is -1.42. The van der Waals surface area contributed by atoms with E-state index in [1.54, 1.807) is 6.20 Å². The molecule has 2 rings (SSSR count). The van der Waals surface area contributed by atoms with Crippen LogP contribution in [0.3, 0.4) is 0 Å². The molecule has 0 bridgehead atoms. The van der Waals surface area contributed by atoms with Crippen LogP contribution in [0.15, 0.2) is 17.8 Å². The summed E-state index contributed by atoms with van der Waals surface area (Å²) in [5.41, 5.74) is 3.36. The van der Waals surface area contributed by atoms with Crippen molar-refractivity contribution in [1.82, 2.24) is 15.3 Å². The lowest BCUT2D eigenvalue weighted by atomic mass is 10.1. The molecule has 1 aliphatic heterocycles. The molecule has 0 unspecified atom stereocenters. The van der Waals surface area contributed by atoms with Gasteiger partial charge in [0.25, 0.3) is 0 Å². The third-order valence-corrected chi connectivity index (χ3v) is 2.72. The number of anilines is 1. The summed E-state index contributed by atoms with van der Waals surface area (Å²) >= 11 is 0. The molecule has 2 N–H and O–H groups in total. The highest BCUT2D eigenvalue weighted by Gasteiger charge is 2.05. The van der Waals surface area contributed by atoms with Crippen molar-refractivity contribution in [3.8, 4) is 0 Å². The summed E-state index contributed by atoms with van der Waals surface area (Å²) in [6.45, 7) is 6.87. The summed E-state index contributed by atoms with van der Waals surface area (Å²) in [6, 6.07) is 0. The summed E-state index contributed by atoms with van der Waals surface area (Å²) in [4.78, 5) is 8.73. The fraction of sp³-hybridized carbons (Fsp3) is 0.500. The summed E-state index contributed by atoms with van der Waals surface area (Å²) in [5, 5.41) is 6.66. The number of hydrogen-bond donors (Lipinski definition) is 2. The van der Waals surface area contributed by atoms with Crippen LogP contribution in [0.2, 0.25) is 0 Å². The van der Waals surface area contributed by atoms with Gasteiger partial charge in [-0.25, -0.2) is 4.98 Å². The average molecular weight is 218 g/mol. The van der Waals surface area contributed by atoms with Gasteiger partial charge in [0.1, 0.15) is 5.82 Å². The molecular weight excluding hydrogens is 200 g/mol. The molecule has 0 aliphatic carbocycles. The van der Waals surface area contributed by atoms with Crippen molar-refractivity contribution in [3.05, 3.63) is 29.2 Å². The van der Waals surface area contributed by atoms with E-state index in [4.69, 9.17) is 0 Å². The molecule has 86 valence electrons. The lowest BCUT2D eigenvalue weighted by Crippen LogP contribution is -2.23. The van der Waals surface area contributed by atoms with E-state index in [1.807, 2.05) is 13.8 Å². The monoisotopic (exact) mass is 218 g/mol. The van der Waals surface area contributed by atoms with Gasteiger partial charge in [0.15, 0.2) is 0 Å². The Morgan fingerprint density at radius 3 is 3.06 bits per heavy atom. The molecule has 0 saturated heterocycles. The van der Waals surface area contributed by atoms with Crippen molar-refractivity contribution < 1.29 is 0 Å². The van der Waals surface area contributed by atoms with Gasteiger partial charge in [0, 0.05) is 19.3 Å². The van der Waals surface area contributed by atoms with Gasteiger partial charge in [-0.05, 0) is 26.8 Å². The van der Waals surface area contributed by atoms with Crippen LogP contribution in [-0.2, 0) is 0 Å². The van der Waals surface area contributed by atoms with E-state index >= 15 is 0 Å². The first-order valence-corrected chi connectivity index (χ1v) is 5.68. The topological polar surface area (TPSA) is 49.8 Å². The molecule has 4 heteroatoms. The van der Waals surface area contributed by atoms with Gasteiger partial charge in [-0.1, -0.05) is 11.6 Å². The summed E-state index contributed by atoms with van der Waals surface area (Å²) in [7, 11) is 0. The third kappa shape index (κ3) is 2.79. The molecule has 0 fully saturated rings. The Bertz CT molecular complexity index is 398. The zero-order chi connectivity index (χ0) is 11.4. The first-order valence-electron chi connectivity index (χ1n) is 5.68. The quantitative estimate of drug-likeness (QED) is 0.753. The van der Waals surface area contributed by atoms with Crippen LogP contribution in [0.25, 0.3) is 0 Å². The van der Waals surface area contributed by atoms with Crippen molar-refractivity contribution in [2.45, 2.75) is 20.3 Å². The highest BCUT2D eigenvalue weighted by molar-refractivity contribution is 5.41. The summed E-state index contributed by atoms with van der Waals surface area (Å²) in [5.74, 6) is 0.902. The van der Waals surface area contributed by atoms with E-state index in [0.29, 0.717) is 0 Å². The largest absolute Gasteiger partial charge is 0.365 e. The Morgan fingerprint density at radius 1 is 1.44 bits per heavy atom. The minimum Gasteiger partial charge on any atom is -0.365 e. The maximum atomic E-state index is 4.44. The zero-order valence-corrected chi connectivity index (χ0v) is 9.88. The van der Waals surface area contributed by atoms with E-state index in [1.165, 1.54) is 5.57 Å². The van der Waals surface area contributed by atoms with Gasteiger partial charge in [-0.3, -0.25) is 4.98 Å². The molecule has 16 heavy (non-hydrogen) atoms. The van der Waals surface area contributed by atoms with E-state index in [2.05, 4.69) is 26.7 Å². The van der Waals surface area contributed by atoms with Gasteiger partial charge < -0.3 is 10.6 Å². The first-order chi connectivity index (χ1) is 7.75. The van der Waals surface area contributed by atoms with Gasteiger partial charge >= 0.3 is 0 Å². The SMILES string of the molecule is Cc1cnc(C)c(NCC2=CCNCC2)n1. The minimum atomic E-state index is 0.876. The van der Waals surface area contributed by atoms with Crippen LogP contribution < -0.4 is 10.6 Å². The van der Waals surface area contributed by atoms with Crippen LogP contribution >= 0.6 is 0 Å². The maximum absolute atomic E-state index is 4.44. The van der Waals surface area contributed by atoms with Crippen LogP contribution in [0.4, 0.5) is 5.82 Å². The predicted molar refractivity (Wildman–Crippen MR) is 65.6 cm³/mol. The third-order valence-electron chi connectivity index (χ3n) is 2.72. The first kappa shape index (κ1) is 11.1. The number of hydrogen-bond acceptors (Lipinski definition) is 4. The second-order valence-corrected chi connectivity index (χ2v) is 4.12. The molecule has 0 atom stereocenters. The molecule has 1 aliphatic rings. The number of nitrogens with zero attached hydrogens (tertiary/aromatic N) is 2. The van der Waals surface area contributed by atoms with Crippen LogP contribution in [0.1, 0.15) is 17.8 Å². The lowest BCUT2D eigenvalue weighted by molar-refractivity contribution is 0.697. The van der Waals surface area contributed by atoms with Crippen molar-refractivity contribution in [2.75, 3.05) is 25.0 Å². The molecule has 0 radical (unpaired) electrons. The number of rotatable bonds is 3. The summed E-state index contributed by atoms with van der Waals surface area (Å²) < 4.78 is 0. The minimum absolute atomic E-state index is 0.876. The van der Waals surface area contributed by atoms with Gasteiger partial charge in [0.2, 0.25) is 0 Å². The second kappa shape index (κ2) is 5.07. The van der Waals surface area contributed by atoms with E-state index < -0.39 is 0 Å². The van der Waals surface area contributed by atoms with E-state index in [9.17, 15) is 0 Å². The van der Waals surface area contributed by atoms with Crippen LogP contribution in [0.5, 0.6) is 0 Å². The Labute approximate surface area is 96.2 Å². The molecular formula is C12H18N4. The Balaban J connectivity index is 1.98. The molecule has 1 aromatic rings. The fourth-order valence-electron chi connectivity index (χ4n) is 1.73. The Kier molecular flexibility index (Phi) is 3.51. The zero-order valence-electron chi connectivity index (χ0n) is 9.88. The predicted octanol–water partition coefficient (Wildman–Crippen LogP) is 1.43. The van der Waals surface area contributed by atoms with Crippen molar-refractivity contribution >= 4 is 5.82 Å². The standard InChI is InChI=1S/C12H18N4/c1-9-7-14-10(2)12(16-9)15-8-11-3-5-13-6-4-11/h3,7,13H,4-6,8H2,1-2H3,(H,15,16). The summed E-state index contributed by atoms with van der Waals surface area (Å²) in [6.07, 6.45) is 5.16. The Morgan fingerprint density at radius 2 is 2.31 bits per heavy atom.